The van der Waals surface area contributed by atoms with Crippen LogP contribution in [0.1, 0.15) is 34.4 Å². The van der Waals surface area contributed by atoms with Gasteiger partial charge in [-0.15, -0.1) is 11.3 Å². The molecule has 0 radical (unpaired) electrons. The third kappa shape index (κ3) is 2.63. The minimum absolute atomic E-state index is 0.412. The van der Waals surface area contributed by atoms with Gasteiger partial charge in [-0.3, -0.25) is 0 Å². The molecule has 3 heteroatoms. The van der Waals surface area contributed by atoms with Gasteiger partial charge < -0.3 is 10.6 Å². The summed E-state index contributed by atoms with van der Waals surface area (Å²) in [7, 11) is 0. The third-order valence-corrected chi connectivity index (χ3v) is 6.71. The number of fused-ring (bicyclic) bond motifs is 3. The molecule has 0 saturated carbocycles. The van der Waals surface area contributed by atoms with Gasteiger partial charge in [0.1, 0.15) is 0 Å². The molecule has 0 bridgehead atoms. The maximum absolute atomic E-state index is 3.85. The number of para-hydroxylation sites is 1. The molecule has 0 amide bonds. The normalized spacial score (nSPS) is 23.2. The predicted molar refractivity (Wildman–Crippen MR) is 112 cm³/mol. The van der Waals surface area contributed by atoms with E-state index in [1.165, 1.54) is 21.7 Å². The lowest BCUT2D eigenvalue weighted by molar-refractivity contribution is 0.429. The van der Waals surface area contributed by atoms with Gasteiger partial charge in [0.15, 0.2) is 0 Å². The van der Waals surface area contributed by atoms with Gasteiger partial charge in [0.25, 0.3) is 0 Å². The monoisotopic (exact) mass is 358 g/mol. The van der Waals surface area contributed by atoms with Crippen LogP contribution in [-0.2, 0) is 0 Å². The van der Waals surface area contributed by atoms with Crippen molar-refractivity contribution in [3.8, 4) is 0 Å². The molecule has 2 aliphatic rings. The maximum atomic E-state index is 3.85. The number of rotatable bonds is 3. The molecule has 3 aromatic rings. The van der Waals surface area contributed by atoms with E-state index in [0.29, 0.717) is 17.9 Å². The first-order valence-electron chi connectivity index (χ1n) is 9.23. The Kier molecular flexibility index (Phi) is 3.83. The Hall–Kier alpha value is -2.52. The van der Waals surface area contributed by atoms with Crippen molar-refractivity contribution in [1.82, 2.24) is 0 Å². The van der Waals surface area contributed by atoms with Crippen LogP contribution >= 0.6 is 11.3 Å². The summed E-state index contributed by atoms with van der Waals surface area (Å²) in [5.41, 5.74) is 6.37. The number of nitrogens with one attached hydrogen (secondary N) is 2. The zero-order valence-electron chi connectivity index (χ0n) is 14.8. The summed E-state index contributed by atoms with van der Waals surface area (Å²) in [6, 6.07) is 19.8. The Balaban J connectivity index is 1.50. The van der Waals surface area contributed by atoms with Gasteiger partial charge in [-0.05, 0) is 72.2 Å². The van der Waals surface area contributed by atoms with Gasteiger partial charge in [-0.2, -0.15) is 0 Å². The van der Waals surface area contributed by atoms with E-state index in [9.17, 15) is 0 Å². The van der Waals surface area contributed by atoms with Crippen LogP contribution in [0.2, 0.25) is 0 Å². The first-order chi connectivity index (χ1) is 12.8. The number of hydrogen-bond acceptors (Lipinski definition) is 3. The second kappa shape index (κ2) is 6.33. The molecule has 2 aromatic carbocycles. The maximum Gasteiger partial charge on any atom is 0.0649 e. The van der Waals surface area contributed by atoms with E-state index < -0.39 is 0 Å². The van der Waals surface area contributed by atoms with E-state index in [4.69, 9.17) is 0 Å². The minimum Gasteiger partial charge on any atom is -0.377 e. The largest absolute Gasteiger partial charge is 0.377 e. The van der Waals surface area contributed by atoms with Crippen LogP contribution in [0.3, 0.4) is 0 Å². The molecular weight excluding hydrogens is 336 g/mol. The Morgan fingerprint density at radius 3 is 2.73 bits per heavy atom. The molecule has 0 spiro atoms. The van der Waals surface area contributed by atoms with Crippen molar-refractivity contribution in [2.24, 2.45) is 5.92 Å². The average Bonchev–Trinajstić information content (AvgIpc) is 3.31. The summed E-state index contributed by atoms with van der Waals surface area (Å²) in [4.78, 5) is 1.49. The molecule has 0 fully saturated rings. The number of allylic oxidation sites excluding steroid dienone is 2. The van der Waals surface area contributed by atoms with Gasteiger partial charge >= 0.3 is 0 Å². The van der Waals surface area contributed by atoms with Crippen molar-refractivity contribution in [2.75, 3.05) is 10.6 Å². The van der Waals surface area contributed by atoms with Gasteiger partial charge in [-0.25, -0.2) is 0 Å². The zero-order valence-corrected chi connectivity index (χ0v) is 15.6. The van der Waals surface area contributed by atoms with E-state index in [-0.39, 0.29) is 0 Å². The Bertz CT molecular complexity index is 957. The molecule has 1 aliphatic carbocycles. The smallest absolute Gasteiger partial charge is 0.0649 e. The van der Waals surface area contributed by atoms with Gasteiger partial charge in [-0.1, -0.05) is 30.4 Å². The van der Waals surface area contributed by atoms with Gasteiger partial charge in [0, 0.05) is 27.9 Å². The van der Waals surface area contributed by atoms with Crippen LogP contribution in [0.5, 0.6) is 0 Å². The molecule has 2 heterocycles. The van der Waals surface area contributed by atoms with Crippen molar-refractivity contribution < 1.29 is 0 Å². The molecule has 1 aliphatic heterocycles. The van der Waals surface area contributed by atoms with Crippen LogP contribution < -0.4 is 10.6 Å². The van der Waals surface area contributed by atoms with Crippen LogP contribution in [0.25, 0.3) is 0 Å². The summed E-state index contributed by atoms with van der Waals surface area (Å²) >= 11 is 1.88. The fourth-order valence-electron chi connectivity index (χ4n) is 4.32. The van der Waals surface area contributed by atoms with Gasteiger partial charge in [0.05, 0.1) is 6.04 Å². The molecule has 2 N–H and O–H groups in total. The SMILES string of the molecule is Cc1ccsc1C1Nc2ccc(Nc3ccccc3)cc2C2C=CCC21. The Morgan fingerprint density at radius 1 is 1.04 bits per heavy atom. The number of aryl methyl sites for hydroxylation is 1. The van der Waals surface area contributed by atoms with E-state index in [1.807, 2.05) is 17.4 Å². The number of anilines is 3. The first kappa shape index (κ1) is 15.7. The van der Waals surface area contributed by atoms with Crippen LogP contribution in [-0.4, -0.2) is 0 Å². The van der Waals surface area contributed by atoms with Crippen LogP contribution in [0.15, 0.2) is 72.1 Å². The van der Waals surface area contributed by atoms with E-state index in [0.717, 1.165) is 17.8 Å². The molecular formula is C23H22N2S. The summed E-state index contributed by atoms with van der Waals surface area (Å²) in [6.07, 6.45) is 5.92. The zero-order chi connectivity index (χ0) is 17.5. The molecule has 26 heavy (non-hydrogen) atoms. The fraction of sp³-hybridized carbons (Fsp3) is 0.217. The van der Waals surface area contributed by atoms with E-state index >= 15 is 0 Å². The first-order valence-corrected chi connectivity index (χ1v) is 10.1. The number of hydrogen-bond donors (Lipinski definition) is 2. The molecule has 0 saturated heterocycles. The van der Waals surface area contributed by atoms with Crippen LogP contribution in [0.4, 0.5) is 17.1 Å². The Labute approximate surface area is 158 Å². The topological polar surface area (TPSA) is 24.1 Å². The Morgan fingerprint density at radius 2 is 1.92 bits per heavy atom. The van der Waals surface area contributed by atoms with Crippen molar-refractivity contribution in [3.63, 3.8) is 0 Å². The summed E-state index contributed by atoms with van der Waals surface area (Å²) in [6.45, 7) is 2.23. The predicted octanol–water partition coefficient (Wildman–Crippen LogP) is 6.63. The number of benzene rings is 2. The van der Waals surface area contributed by atoms with Crippen molar-refractivity contribution in [2.45, 2.75) is 25.3 Å². The summed E-state index contributed by atoms with van der Waals surface area (Å²) in [5, 5.41) is 9.59. The highest BCUT2D eigenvalue weighted by atomic mass is 32.1. The standard InChI is InChI=1S/C23H22N2S/c1-15-12-13-26-23(15)22-19-9-5-8-18(19)20-14-17(10-11-21(20)25-22)24-16-6-3-2-4-7-16/h2-8,10-14,18-19,22,24-25H,9H2,1H3. The lowest BCUT2D eigenvalue weighted by Gasteiger charge is -2.37. The highest BCUT2D eigenvalue weighted by molar-refractivity contribution is 7.10. The van der Waals surface area contributed by atoms with Crippen LogP contribution in [0, 0.1) is 12.8 Å². The van der Waals surface area contributed by atoms with Crippen molar-refractivity contribution in [1.29, 1.82) is 0 Å². The average molecular weight is 359 g/mol. The van der Waals surface area contributed by atoms with Gasteiger partial charge in [0.2, 0.25) is 0 Å². The highest BCUT2D eigenvalue weighted by Gasteiger charge is 2.38. The number of thiophene rings is 1. The lowest BCUT2D eigenvalue weighted by Crippen LogP contribution is -2.28. The fourth-order valence-corrected chi connectivity index (χ4v) is 5.38. The molecule has 1 aromatic heterocycles. The quantitative estimate of drug-likeness (QED) is 0.514. The lowest BCUT2D eigenvalue weighted by atomic mass is 9.78. The minimum atomic E-state index is 0.412. The molecule has 130 valence electrons. The third-order valence-electron chi connectivity index (χ3n) is 5.61. The molecule has 2 nitrogen and oxygen atoms in total. The second-order valence-electron chi connectivity index (χ2n) is 7.24. The van der Waals surface area contributed by atoms with E-state index in [1.54, 1.807) is 0 Å². The molecule has 3 atom stereocenters. The summed E-state index contributed by atoms with van der Waals surface area (Å²) < 4.78 is 0. The van der Waals surface area contributed by atoms with Crippen molar-refractivity contribution in [3.05, 3.63) is 88.1 Å². The summed E-state index contributed by atoms with van der Waals surface area (Å²) in [5.74, 6) is 1.10. The molecule has 5 rings (SSSR count). The highest BCUT2D eigenvalue weighted by Crippen LogP contribution is 2.51. The second-order valence-corrected chi connectivity index (χ2v) is 8.18. The van der Waals surface area contributed by atoms with Crippen molar-refractivity contribution >= 4 is 28.4 Å². The molecule has 3 unspecified atom stereocenters. The van der Waals surface area contributed by atoms with E-state index in [2.05, 4.69) is 83.6 Å².